The minimum atomic E-state index is -0.689. The van der Waals surface area contributed by atoms with E-state index in [-0.39, 0.29) is 24.2 Å². The first-order valence-corrected chi connectivity index (χ1v) is 9.50. The first-order chi connectivity index (χ1) is 12.1. The number of benzene rings is 1. The van der Waals surface area contributed by atoms with Crippen LogP contribution in [0.3, 0.4) is 0 Å². The van der Waals surface area contributed by atoms with Gasteiger partial charge in [-0.3, -0.25) is 0 Å². The molecule has 3 rings (SSSR count). The number of aliphatic hydroxyl groups is 1. The van der Waals surface area contributed by atoms with Gasteiger partial charge in [-0.25, -0.2) is 4.79 Å². The summed E-state index contributed by atoms with van der Waals surface area (Å²) in [6, 6.07) is 7.65. The zero-order chi connectivity index (χ0) is 17.7. The van der Waals surface area contributed by atoms with Gasteiger partial charge in [0.25, 0.3) is 0 Å². The Morgan fingerprint density at radius 1 is 1.32 bits per heavy atom. The summed E-state index contributed by atoms with van der Waals surface area (Å²) in [6.07, 6.45) is 7.03. The molecule has 2 atom stereocenters. The van der Waals surface area contributed by atoms with Crippen LogP contribution in [0.1, 0.15) is 62.2 Å². The van der Waals surface area contributed by atoms with E-state index in [2.05, 4.69) is 10.6 Å². The van der Waals surface area contributed by atoms with Crippen LogP contribution in [-0.2, 0) is 4.74 Å². The van der Waals surface area contributed by atoms with Crippen LogP contribution in [-0.4, -0.2) is 35.9 Å². The lowest BCUT2D eigenvalue weighted by molar-refractivity contribution is -0.107. The smallest absolute Gasteiger partial charge is 0.315 e. The average molecular weight is 346 g/mol. The summed E-state index contributed by atoms with van der Waals surface area (Å²) in [4.78, 5) is 12.2. The Morgan fingerprint density at radius 2 is 2.08 bits per heavy atom. The third kappa shape index (κ3) is 4.73. The second-order valence-corrected chi connectivity index (χ2v) is 7.51. The highest BCUT2D eigenvalue weighted by molar-refractivity contribution is 5.74. The number of carbonyl (C=O) groups is 1. The van der Waals surface area contributed by atoms with Crippen LogP contribution >= 0.6 is 0 Å². The van der Waals surface area contributed by atoms with Crippen molar-refractivity contribution in [3.8, 4) is 0 Å². The molecule has 0 bridgehead atoms. The molecule has 2 aliphatic rings. The van der Waals surface area contributed by atoms with Crippen molar-refractivity contribution in [3.63, 3.8) is 0 Å². The largest absolute Gasteiger partial charge is 0.387 e. The fourth-order valence-electron chi connectivity index (χ4n) is 4.19. The molecule has 1 saturated carbocycles. The molecule has 1 heterocycles. The number of hydrogen-bond donors (Lipinski definition) is 3. The third-order valence-electron chi connectivity index (χ3n) is 5.60. The minimum Gasteiger partial charge on any atom is -0.387 e. The van der Waals surface area contributed by atoms with Crippen LogP contribution in [0.15, 0.2) is 24.3 Å². The van der Waals surface area contributed by atoms with Gasteiger partial charge in [0.05, 0.1) is 11.7 Å². The van der Waals surface area contributed by atoms with Crippen LogP contribution in [0, 0.1) is 6.92 Å². The lowest BCUT2D eigenvalue weighted by atomic mass is 9.78. The first kappa shape index (κ1) is 18.2. The number of ether oxygens (including phenoxy) is 1. The van der Waals surface area contributed by atoms with E-state index in [4.69, 9.17) is 4.74 Å². The average Bonchev–Trinajstić information content (AvgIpc) is 2.61. The van der Waals surface area contributed by atoms with E-state index in [9.17, 15) is 9.90 Å². The van der Waals surface area contributed by atoms with Crippen LogP contribution in [0.25, 0.3) is 0 Å². The van der Waals surface area contributed by atoms with Crippen molar-refractivity contribution in [1.82, 2.24) is 10.6 Å². The van der Waals surface area contributed by atoms with Gasteiger partial charge in [0.1, 0.15) is 0 Å². The molecule has 2 amide bonds. The van der Waals surface area contributed by atoms with E-state index in [0.717, 1.165) is 43.4 Å². The van der Waals surface area contributed by atoms with E-state index >= 15 is 0 Å². The van der Waals surface area contributed by atoms with Gasteiger partial charge in [0.15, 0.2) is 0 Å². The summed E-state index contributed by atoms with van der Waals surface area (Å²) in [5.41, 5.74) is 1.87. The number of rotatable bonds is 4. The van der Waals surface area contributed by atoms with E-state index in [1.807, 2.05) is 31.2 Å². The second-order valence-electron chi connectivity index (χ2n) is 7.51. The second kappa shape index (κ2) is 8.19. The molecule has 1 aromatic carbocycles. The van der Waals surface area contributed by atoms with E-state index in [1.54, 1.807) is 0 Å². The lowest BCUT2D eigenvalue weighted by Crippen LogP contribution is -2.51. The molecule has 0 aromatic heterocycles. The Kier molecular flexibility index (Phi) is 5.97. The molecular weight excluding hydrogens is 316 g/mol. The van der Waals surface area contributed by atoms with Gasteiger partial charge in [0, 0.05) is 19.2 Å². The van der Waals surface area contributed by atoms with Crippen molar-refractivity contribution in [2.45, 2.75) is 69.6 Å². The van der Waals surface area contributed by atoms with Gasteiger partial charge in [0.2, 0.25) is 0 Å². The Labute approximate surface area is 150 Å². The number of carbonyl (C=O) groups excluding carboxylic acids is 1. The molecular formula is C20H30N2O3. The molecule has 1 saturated heterocycles. The van der Waals surface area contributed by atoms with Crippen molar-refractivity contribution in [2.24, 2.45) is 0 Å². The highest BCUT2D eigenvalue weighted by Gasteiger charge is 2.38. The topological polar surface area (TPSA) is 70.6 Å². The van der Waals surface area contributed by atoms with Crippen LogP contribution in [0.5, 0.6) is 0 Å². The molecule has 5 nitrogen and oxygen atoms in total. The number of aryl methyl sites for hydroxylation is 1. The quantitative estimate of drug-likeness (QED) is 0.784. The molecule has 1 aliphatic heterocycles. The maximum absolute atomic E-state index is 12.2. The molecule has 3 N–H and O–H groups in total. The van der Waals surface area contributed by atoms with Crippen molar-refractivity contribution in [1.29, 1.82) is 0 Å². The number of amides is 2. The number of nitrogens with one attached hydrogen (secondary N) is 2. The summed E-state index contributed by atoms with van der Waals surface area (Å²) in [6.45, 7) is 2.89. The fourth-order valence-corrected chi connectivity index (χ4v) is 4.19. The molecule has 1 aliphatic carbocycles. The summed E-state index contributed by atoms with van der Waals surface area (Å²) >= 11 is 0. The molecule has 0 radical (unpaired) electrons. The van der Waals surface area contributed by atoms with Crippen LogP contribution < -0.4 is 10.6 Å². The Morgan fingerprint density at radius 3 is 2.84 bits per heavy atom. The third-order valence-corrected chi connectivity index (χ3v) is 5.60. The van der Waals surface area contributed by atoms with Gasteiger partial charge in [-0.05, 0) is 43.7 Å². The summed E-state index contributed by atoms with van der Waals surface area (Å²) in [5, 5.41) is 16.2. The molecule has 138 valence electrons. The van der Waals surface area contributed by atoms with Gasteiger partial charge in [-0.1, -0.05) is 43.5 Å². The van der Waals surface area contributed by atoms with E-state index in [0.29, 0.717) is 0 Å². The highest BCUT2D eigenvalue weighted by Crippen LogP contribution is 2.38. The summed E-state index contributed by atoms with van der Waals surface area (Å²) in [7, 11) is 0. The van der Waals surface area contributed by atoms with Gasteiger partial charge in [-0.15, -0.1) is 0 Å². The predicted octanol–water partition coefficient (Wildman–Crippen LogP) is 3.21. The van der Waals surface area contributed by atoms with Crippen LogP contribution in [0.2, 0.25) is 0 Å². The summed E-state index contributed by atoms with van der Waals surface area (Å²) in [5.74, 6) is 0. The first-order valence-electron chi connectivity index (χ1n) is 9.50. The molecule has 1 aromatic rings. The lowest BCUT2D eigenvalue weighted by Gasteiger charge is -2.43. The van der Waals surface area contributed by atoms with E-state index < -0.39 is 6.10 Å². The normalized spacial score (nSPS) is 23.8. The SMILES string of the molecule is Cc1ccccc1C(O)CNC(=O)NC1CCOC2(CCCCC2)C1. The Bertz CT molecular complexity index is 579. The zero-order valence-corrected chi connectivity index (χ0v) is 15.1. The van der Waals surface area contributed by atoms with Crippen molar-refractivity contribution < 1.29 is 14.6 Å². The molecule has 25 heavy (non-hydrogen) atoms. The molecule has 2 fully saturated rings. The van der Waals surface area contributed by atoms with E-state index in [1.165, 1.54) is 19.3 Å². The standard InChI is InChI=1S/C20H30N2O3/c1-15-7-3-4-8-17(15)18(23)14-21-19(24)22-16-9-12-25-20(13-16)10-5-2-6-11-20/h3-4,7-8,16,18,23H,2,5-6,9-14H2,1H3,(H2,21,22,24). The fraction of sp³-hybridized carbons (Fsp3) is 0.650. The van der Waals surface area contributed by atoms with Gasteiger partial charge in [-0.2, -0.15) is 0 Å². The predicted molar refractivity (Wildman–Crippen MR) is 97.5 cm³/mol. The number of hydrogen-bond acceptors (Lipinski definition) is 3. The van der Waals surface area contributed by atoms with Gasteiger partial charge < -0.3 is 20.5 Å². The van der Waals surface area contributed by atoms with Crippen LogP contribution in [0.4, 0.5) is 4.79 Å². The Balaban J connectivity index is 1.46. The highest BCUT2D eigenvalue weighted by atomic mass is 16.5. The van der Waals surface area contributed by atoms with Crippen molar-refractivity contribution >= 4 is 6.03 Å². The van der Waals surface area contributed by atoms with Gasteiger partial charge >= 0.3 is 6.03 Å². The number of aliphatic hydroxyl groups excluding tert-OH is 1. The van der Waals surface area contributed by atoms with Crippen molar-refractivity contribution in [3.05, 3.63) is 35.4 Å². The summed E-state index contributed by atoms with van der Waals surface area (Å²) < 4.78 is 6.08. The van der Waals surface area contributed by atoms with Crippen molar-refractivity contribution in [2.75, 3.05) is 13.2 Å². The Hall–Kier alpha value is -1.59. The maximum Gasteiger partial charge on any atom is 0.315 e. The minimum absolute atomic E-state index is 0.0187. The molecule has 2 unspecified atom stereocenters. The molecule has 5 heteroatoms. The zero-order valence-electron chi connectivity index (χ0n) is 15.1. The maximum atomic E-state index is 12.2. The monoisotopic (exact) mass is 346 g/mol. The number of urea groups is 1. The molecule has 1 spiro atoms.